The maximum absolute atomic E-state index is 13.2. The van der Waals surface area contributed by atoms with Gasteiger partial charge in [0.15, 0.2) is 27.4 Å². The summed E-state index contributed by atoms with van der Waals surface area (Å²) in [5.41, 5.74) is 1.25. The van der Waals surface area contributed by atoms with Gasteiger partial charge in [-0.1, -0.05) is 23.5 Å². The van der Waals surface area contributed by atoms with Gasteiger partial charge in [-0.25, -0.2) is 13.8 Å². The van der Waals surface area contributed by atoms with Crippen LogP contribution in [0.3, 0.4) is 0 Å². The second kappa shape index (κ2) is 8.53. The number of aromatic amines is 1. The zero-order chi connectivity index (χ0) is 20.3. The van der Waals surface area contributed by atoms with E-state index in [4.69, 9.17) is 12.2 Å². The minimum atomic E-state index is -0.925. The molecule has 0 spiro atoms. The van der Waals surface area contributed by atoms with Crippen molar-refractivity contribution in [3.8, 4) is 10.7 Å². The number of amides is 1. The Morgan fingerprint density at radius 2 is 2.21 bits per heavy atom. The van der Waals surface area contributed by atoms with Gasteiger partial charge in [0.1, 0.15) is 0 Å². The summed E-state index contributed by atoms with van der Waals surface area (Å²) in [6.45, 7) is 6.03. The average molecular weight is 421 g/mol. The number of anilines is 1. The number of thiazole rings is 1. The summed E-state index contributed by atoms with van der Waals surface area (Å²) in [5.74, 6) is -1.48. The number of H-pyrrole nitrogens is 1. The number of hydrogen-bond donors (Lipinski definition) is 2. The third-order valence-corrected chi connectivity index (χ3v) is 5.32. The fourth-order valence-corrected chi connectivity index (χ4v) is 3.77. The van der Waals surface area contributed by atoms with Gasteiger partial charge in [0.05, 0.1) is 10.6 Å². The summed E-state index contributed by atoms with van der Waals surface area (Å²) in [7, 11) is 0. The van der Waals surface area contributed by atoms with Crippen LogP contribution in [-0.2, 0) is 17.8 Å². The van der Waals surface area contributed by atoms with Crippen molar-refractivity contribution in [2.24, 2.45) is 0 Å². The first-order chi connectivity index (χ1) is 13.4. The minimum absolute atomic E-state index is 0.119. The molecule has 0 saturated carbocycles. The Kier molecular flexibility index (Phi) is 6.10. The fourth-order valence-electron chi connectivity index (χ4n) is 2.58. The van der Waals surface area contributed by atoms with Crippen LogP contribution in [-0.4, -0.2) is 25.7 Å². The van der Waals surface area contributed by atoms with Crippen LogP contribution in [0.1, 0.15) is 17.7 Å². The van der Waals surface area contributed by atoms with Crippen LogP contribution < -0.4 is 5.32 Å². The summed E-state index contributed by atoms with van der Waals surface area (Å²) >= 11 is 6.50. The Morgan fingerprint density at radius 1 is 1.43 bits per heavy atom. The molecule has 0 aliphatic rings. The molecule has 0 aliphatic carbocycles. The minimum Gasteiger partial charge on any atom is -0.302 e. The molecule has 2 aromatic heterocycles. The van der Waals surface area contributed by atoms with Gasteiger partial charge in [-0.2, -0.15) is 5.10 Å². The second-order valence-electron chi connectivity index (χ2n) is 5.98. The Labute approximate surface area is 168 Å². The van der Waals surface area contributed by atoms with E-state index in [9.17, 15) is 13.6 Å². The standard InChI is InChI=1S/C18H17F2N5OS2/c1-3-8-25-16(23-24-18(25)27)15-10(2)21-17(28-15)22-14(26)7-5-11-4-6-12(19)13(20)9-11/h3-4,6,9H,1,5,7-8H2,2H3,(H,24,27)(H,21,22,26). The number of carbonyl (C=O) groups is 1. The Bertz CT molecular complexity index is 1090. The molecule has 0 bridgehead atoms. The number of rotatable bonds is 7. The highest BCUT2D eigenvalue weighted by Crippen LogP contribution is 2.31. The summed E-state index contributed by atoms with van der Waals surface area (Å²) < 4.78 is 28.5. The third-order valence-electron chi connectivity index (χ3n) is 3.94. The number of aromatic nitrogens is 4. The molecule has 3 aromatic rings. The molecule has 0 fully saturated rings. The van der Waals surface area contributed by atoms with E-state index in [-0.39, 0.29) is 18.7 Å². The van der Waals surface area contributed by atoms with E-state index in [0.29, 0.717) is 33.5 Å². The van der Waals surface area contributed by atoms with Crippen LogP contribution in [0.25, 0.3) is 10.7 Å². The van der Waals surface area contributed by atoms with Gasteiger partial charge in [-0.3, -0.25) is 14.5 Å². The number of benzene rings is 1. The molecule has 1 amide bonds. The van der Waals surface area contributed by atoms with Crippen LogP contribution in [0.5, 0.6) is 0 Å². The van der Waals surface area contributed by atoms with Crippen LogP contribution in [0.2, 0.25) is 0 Å². The average Bonchev–Trinajstić information content (AvgIpc) is 3.19. The van der Waals surface area contributed by atoms with Crippen molar-refractivity contribution in [2.45, 2.75) is 26.3 Å². The first kappa shape index (κ1) is 20.0. The van der Waals surface area contributed by atoms with Crippen molar-refractivity contribution < 1.29 is 13.6 Å². The second-order valence-corrected chi connectivity index (χ2v) is 7.37. The molecule has 3 rings (SSSR count). The molecule has 0 saturated heterocycles. The van der Waals surface area contributed by atoms with Gasteiger partial charge < -0.3 is 5.32 Å². The smallest absolute Gasteiger partial charge is 0.226 e. The lowest BCUT2D eigenvalue weighted by Gasteiger charge is -2.03. The molecule has 0 radical (unpaired) electrons. The Balaban J connectivity index is 1.69. The van der Waals surface area contributed by atoms with Crippen molar-refractivity contribution in [1.29, 1.82) is 0 Å². The lowest BCUT2D eigenvalue weighted by molar-refractivity contribution is -0.116. The molecular weight excluding hydrogens is 404 g/mol. The quantitative estimate of drug-likeness (QED) is 0.438. The van der Waals surface area contributed by atoms with Gasteiger partial charge >= 0.3 is 0 Å². The molecule has 6 nitrogen and oxygen atoms in total. The van der Waals surface area contributed by atoms with Crippen molar-refractivity contribution in [3.63, 3.8) is 0 Å². The van der Waals surface area contributed by atoms with Crippen molar-refractivity contribution in [3.05, 3.63) is 58.5 Å². The molecule has 2 heterocycles. The molecular formula is C18H17F2N5OS2. The molecule has 2 N–H and O–H groups in total. The highest BCUT2D eigenvalue weighted by Gasteiger charge is 2.17. The Hall–Kier alpha value is -2.72. The number of nitrogens with one attached hydrogen (secondary N) is 2. The number of allylic oxidation sites excluding steroid dienone is 1. The number of hydrogen-bond acceptors (Lipinski definition) is 5. The van der Waals surface area contributed by atoms with E-state index in [1.807, 2.05) is 6.92 Å². The first-order valence-electron chi connectivity index (χ1n) is 8.36. The lowest BCUT2D eigenvalue weighted by Crippen LogP contribution is -2.12. The summed E-state index contributed by atoms with van der Waals surface area (Å²) in [4.78, 5) is 17.3. The van der Waals surface area contributed by atoms with E-state index >= 15 is 0 Å². The van der Waals surface area contributed by atoms with Crippen molar-refractivity contribution in [1.82, 2.24) is 19.7 Å². The maximum atomic E-state index is 13.2. The van der Waals surface area contributed by atoms with Gasteiger partial charge in [0.2, 0.25) is 5.91 Å². The molecule has 28 heavy (non-hydrogen) atoms. The van der Waals surface area contributed by atoms with E-state index in [2.05, 4.69) is 27.1 Å². The third kappa shape index (κ3) is 4.39. The fraction of sp³-hybridized carbons (Fsp3) is 0.222. The van der Waals surface area contributed by atoms with Crippen LogP contribution in [0, 0.1) is 23.3 Å². The van der Waals surface area contributed by atoms with Gasteiger partial charge in [-0.15, -0.1) is 6.58 Å². The normalized spacial score (nSPS) is 10.8. The van der Waals surface area contributed by atoms with Crippen molar-refractivity contribution in [2.75, 3.05) is 5.32 Å². The summed E-state index contributed by atoms with van der Waals surface area (Å²) in [5, 5.41) is 10.2. The van der Waals surface area contributed by atoms with Crippen LogP contribution in [0.15, 0.2) is 30.9 Å². The molecule has 0 atom stereocenters. The summed E-state index contributed by atoms with van der Waals surface area (Å²) in [6, 6.07) is 3.60. The Morgan fingerprint density at radius 3 is 2.93 bits per heavy atom. The number of aryl methyl sites for hydroxylation is 2. The number of carbonyl (C=O) groups excluding carboxylic acids is 1. The summed E-state index contributed by atoms with van der Waals surface area (Å²) in [6.07, 6.45) is 2.12. The highest BCUT2D eigenvalue weighted by molar-refractivity contribution is 7.71. The predicted octanol–water partition coefficient (Wildman–Crippen LogP) is 4.41. The molecule has 146 valence electrons. The lowest BCUT2D eigenvalue weighted by atomic mass is 10.1. The predicted molar refractivity (Wildman–Crippen MR) is 107 cm³/mol. The highest BCUT2D eigenvalue weighted by atomic mass is 32.1. The molecule has 1 aromatic carbocycles. The molecule has 0 unspecified atom stereocenters. The van der Waals surface area contributed by atoms with Crippen molar-refractivity contribution >= 4 is 34.6 Å². The largest absolute Gasteiger partial charge is 0.302 e. The van der Waals surface area contributed by atoms with Crippen LogP contribution >= 0.6 is 23.6 Å². The number of nitrogens with zero attached hydrogens (tertiary/aromatic N) is 3. The van der Waals surface area contributed by atoms with E-state index in [1.165, 1.54) is 17.4 Å². The monoisotopic (exact) mass is 421 g/mol. The zero-order valence-corrected chi connectivity index (χ0v) is 16.6. The van der Waals surface area contributed by atoms with E-state index in [0.717, 1.165) is 17.0 Å². The SMILES string of the molecule is C=CCn1c(-c2sc(NC(=O)CCc3ccc(F)c(F)c3)nc2C)n[nH]c1=S. The zero-order valence-electron chi connectivity index (χ0n) is 15.0. The molecule has 0 aliphatic heterocycles. The maximum Gasteiger partial charge on any atom is 0.226 e. The van der Waals surface area contributed by atoms with E-state index in [1.54, 1.807) is 10.6 Å². The van der Waals surface area contributed by atoms with E-state index < -0.39 is 11.6 Å². The topological polar surface area (TPSA) is 75.6 Å². The van der Waals surface area contributed by atoms with Crippen LogP contribution in [0.4, 0.5) is 13.9 Å². The van der Waals surface area contributed by atoms with Gasteiger partial charge in [0.25, 0.3) is 0 Å². The number of halogens is 2. The van der Waals surface area contributed by atoms with Gasteiger partial charge in [-0.05, 0) is 43.3 Å². The first-order valence-corrected chi connectivity index (χ1v) is 9.59. The van der Waals surface area contributed by atoms with Gasteiger partial charge in [0, 0.05) is 13.0 Å². The molecule has 10 heteroatoms.